The fraction of sp³-hybridized carbons (Fsp3) is 0.0435. The molecule has 0 amide bonds. The summed E-state index contributed by atoms with van der Waals surface area (Å²) in [4.78, 5) is 2.49. The van der Waals surface area contributed by atoms with E-state index >= 15 is 0 Å². The van der Waals surface area contributed by atoms with E-state index in [1.807, 2.05) is 36.4 Å². The van der Waals surface area contributed by atoms with Gasteiger partial charge in [-0.3, -0.25) is 4.57 Å². The van der Waals surface area contributed by atoms with E-state index in [4.69, 9.17) is 10.2 Å². The predicted molar refractivity (Wildman–Crippen MR) is 209 cm³/mol. The van der Waals surface area contributed by atoms with Gasteiger partial charge in [0.05, 0.1) is 16.7 Å². The van der Waals surface area contributed by atoms with Crippen LogP contribution in [0, 0.1) is 6.92 Å². The Hall–Kier alpha value is -6.72. The molecule has 5 heteroatoms. The lowest BCUT2D eigenvalue weighted by molar-refractivity contribution is 0.955. The van der Waals surface area contributed by atoms with Gasteiger partial charge < -0.3 is 9.47 Å². The number of para-hydroxylation sites is 2. The first-order chi connectivity index (χ1) is 25.2. The summed E-state index contributed by atoms with van der Waals surface area (Å²) in [7, 11) is 0. The van der Waals surface area contributed by atoms with E-state index in [1.54, 1.807) is 0 Å². The number of rotatable bonds is 5. The molecule has 9 aromatic rings. The molecule has 0 unspecified atom stereocenters. The Balaban J connectivity index is 1.17. The average molecular weight is 656 g/mol. The van der Waals surface area contributed by atoms with Crippen molar-refractivity contribution in [1.82, 2.24) is 19.3 Å². The Labute approximate surface area is 296 Å². The highest BCUT2D eigenvalue weighted by atomic mass is 15.3. The van der Waals surface area contributed by atoms with E-state index in [2.05, 4.69) is 154 Å². The number of benzene rings is 7. The Bertz CT molecular complexity index is 2670. The number of anilines is 2. The van der Waals surface area contributed by atoms with E-state index in [1.165, 1.54) is 55.4 Å². The molecule has 0 fully saturated rings. The van der Waals surface area contributed by atoms with Crippen LogP contribution >= 0.6 is 0 Å². The molecular weight excluding hydrogens is 623 g/mol. The Morgan fingerprint density at radius 2 is 1.04 bits per heavy atom. The van der Waals surface area contributed by atoms with Crippen LogP contribution in [0.25, 0.3) is 67.1 Å². The first-order valence-corrected chi connectivity index (χ1v) is 17.4. The second-order valence-corrected chi connectivity index (χ2v) is 13.2. The first-order valence-electron chi connectivity index (χ1n) is 17.4. The van der Waals surface area contributed by atoms with Crippen molar-refractivity contribution in [1.29, 1.82) is 0 Å². The molecule has 0 N–H and O–H groups in total. The molecule has 1 aliphatic heterocycles. The van der Waals surface area contributed by atoms with E-state index < -0.39 is 0 Å². The average Bonchev–Trinajstić information content (AvgIpc) is 3.78. The van der Waals surface area contributed by atoms with Crippen LogP contribution in [0.2, 0.25) is 0 Å². The molecule has 0 saturated heterocycles. The topological polar surface area (TPSA) is 38.9 Å². The third-order valence-electron chi connectivity index (χ3n) is 10.2. The minimum atomic E-state index is 0.808. The summed E-state index contributed by atoms with van der Waals surface area (Å²) in [6.45, 7) is 3.02. The molecule has 0 atom stereocenters. The molecule has 3 heterocycles. The molecule has 242 valence electrons. The maximum Gasteiger partial charge on any atom is 0.168 e. The van der Waals surface area contributed by atoms with Crippen LogP contribution < -0.4 is 4.90 Å². The minimum Gasteiger partial charge on any atom is -0.336 e. The Morgan fingerprint density at radius 3 is 1.75 bits per heavy atom. The molecule has 0 aliphatic carbocycles. The molecule has 7 aromatic carbocycles. The van der Waals surface area contributed by atoms with Crippen molar-refractivity contribution in [2.45, 2.75) is 13.5 Å². The molecule has 0 saturated carbocycles. The predicted octanol–water partition coefficient (Wildman–Crippen LogP) is 11.3. The van der Waals surface area contributed by atoms with E-state index in [0.717, 1.165) is 40.7 Å². The number of fused-ring (bicyclic) bond motifs is 6. The van der Waals surface area contributed by atoms with Gasteiger partial charge in [-0.1, -0.05) is 121 Å². The van der Waals surface area contributed by atoms with Gasteiger partial charge in [0.15, 0.2) is 11.6 Å². The zero-order valence-electron chi connectivity index (χ0n) is 28.1. The maximum atomic E-state index is 4.69. The molecule has 1 aliphatic rings. The van der Waals surface area contributed by atoms with Crippen LogP contribution in [0.5, 0.6) is 0 Å². The van der Waals surface area contributed by atoms with E-state index in [9.17, 15) is 0 Å². The lowest BCUT2D eigenvalue weighted by Crippen LogP contribution is -2.22. The minimum absolute atomic E-state index is 0.808. The van der Waals surface area contributed by atoms with Crippen molar-refractivity contribution in [2.75, 3.05) is 4.90 Å². The number of aryl methyl sites for hydroxylation is 1. The number of hydrogen-bond acceptors (Lipinski definition) is 3. The van der Waals surface area contributed by atoms with Crippen molar-refractivity contribution >= 4 is 33.2 Å². The van der Waals surface area contributed by atoms with Crippen molar-refractivity contribution in [3.8, 4) is 45.3 Å². The number of nitrogens with zero attached hydrogens (tertiary/aromatic N) is 5. The first kappa shape index (κ1) is 29.2. The second kappa shape index (κ2) is 11.7. The SMILES string of the molecule is Cc1ccccc1N1Cc2ccccc2-c2cc3c4ccccc4n(-c4ccc(-n5c(-c6ccccc6)nnc5-c5ccccc5)cc4)c3cc21. The molecule has 5 nitrogen and oxygen atoms in total. The normalized spacial score (nSPS) is 12.3. The summed E-state index contributed by atoms with van der Waals surface area (Å²) in [5.41, 5.74) is 14.1. The standard InChI is InChI=1S/C46H33N5/c1-31-14-8-12-22-41(31)49-30-34-19-9-10-20-37(34)39-28-40-38-21-11-13-23-42(38)50(44(40)29-43(39)49)35-24-26-36(27-25-35)51-45(32-15-4-2-5-16-32)47-48-46(51)33-17-6-3-7-18-33/h2-29H,30H2,1H3. The van der Waals surface area contributed by atoms with Crippen molar-refractivity contribution in [2.24, 2.45) is 0 Å². The van der Waals surface area contributed by atoms with Crippen LogP contribution in [0.3, 0.4) is 0 Å². The van der Waals surface area contributed by atoms with Crippen molar-refractivity contribution < 1.29 is 0 Å². The van der Waals surface area contributed by atoms with Crippen molar-refractivity contribution in [3.05, 3.63) is 181 Å². The van der Waals surface area contributed by atoms with Gasteiger partial charge in [-0.05, 0) is 72.1 Å². The highest BCUT2D eigenvalue weighted by Gasteiger charge is 2.26. The van der Waals surface area contributed by atoms with E-state index in [-0.39, 0.29) is 0 Å². The number of aromatic nitrogens is 4. The van der Waals surface area contributed by atoms with Crippen LogP contribution in [0.4, 0.5) is 11.4 Å². The highest BCUT2D eigenvalue weighted by molar-refractivity contribution is 6.13. The maximum absolute atomic E-state index is 4.69. The third-order valence-corrected chi connectivity index (χ3v) is 10.2. The molecule has 2 aromatic heterocycles. The van der Waals surface area contributed by atoms with Gasteiger partial charge in [0.1, 0.15) is 0 Å². The Morgan fingerprint density at radius 1 is 0.451 bits per heavy atom. The zero-order valence-corrected chi connectivity index (χ0v) is 28.1. The molecule has 10 rings (SSSR count). The third kappa shape index (κ3) is 4.70. The fourth-order valence-electron chi connectivity index (χ4n) is 7.81. The summed E-state index contributed by atoms with van der Waals surface area (Å²) in [6.07, 6.45) is 0. The van der Waals surface area contributed by atoms with Gasteiger partial charge in [-0.2, -0.15) is 0 Å². The van der Waals surface area contributed by atoms with Crippen LogP contribution in [-0.4, -0.2) is 19.3 Å². The monoisotopic (exact) mass is 655 g/mol. The van der Waals surface area contributed by atoms with Gasteiger partial charge in [0.25, 0.3) is 0 Å². The smallest absolute Gasteiger partial charge is 0.168 e. The molecule has 0 bridgehead atoms. The second-order valence-electron chi connectivity index (χ2n) is 13.2. The van der Waals surface area contributed by atoms with Gasteiger partial charge >= 0.3 is 0 Å². The number of hydrogen-bond donors (Lipinski definition) is 0. The molecule has 51 heavy (non-hydrogen) atoms. The quantitative estimate of drug-likeness (QED) is 0.185. The summed E-state index contributed by atoms with van der Waals surface area (Å²) < 4.78 is 4.57. The molecule has 0 spiro atoms. The largest absolute Gasteiger partial charge is 0.336 e. The van der Waals surface area contributed by atoms with Crippen molar-refractivity contribution in [3.63, 3.8) is 0 Å². The fourth-order valence-corrected chi connectivity index (χ4v) is 7.81. The summed E-state index contributed by atoms with van der Waals surface area (Å²) in [5, 5.41) is 11.9. The zero-order chi connectivity index (χ0) is 33.9. The summed E-state index contributed by atoms with van der Waals surface area (Å²) in [6, 6.07) is 60.5. The lowest BCUT2D eigenvalue weighted by Gasteiger charge is -2.34. The van der Waals surface area contributed by atoms with Gasteiger partial charge in [0, 0.05) is 51.1 Å². The lowest BCUT2D eigenvalue weighted by atomic mass is 9.91. The molecule has 0 radical (unpaired) electrons. The van der Waals surface area contributed by atoms with Gasteiger partial charge in [0.2, 0.25) is 0 Å². The Kier molecular flexibility index (Phi) is 6.71. The summed E-state index contributed by atoms with van der Waals surface area (Å²) >= 11 is 0. The summed E-state index contributed by atoms with van der Waals surface area (Å²) in [5.74, 6) is 1.62. The van der Waals surface area contributed by atoms with Crippen LogP contribution in [-0.2, 0) is 6.54 Å². The van der Waals surface area contributed by atoms with Crippen LogP contribution in [0.1, 0.15) is 11.1 Å². The van der Waals surface area contributed by atoms with Gasteiger partial charge in [-0.15, -0.1) is 10.2 Å². The molecular formula is C46H33N5. The van der Waals surface area contributed by atoms with Crippen LogP contribution in [0.15, 0.2) is 170 Å². The highest BCUT2D eigenvalue weighted by Crippen LogP contribution is 2.47. The van der Waals surface area contributed by atoms with Gasteiger partial charge in [-0.25, -0.2) is 0 Å². The van der Waals surface area contributed by atoms with E-state index in [0.29, 0.717) is 0 Å².